The first kappa shape index (κ1) is 15.3. The van der Waals surface area contributed by atoms with Gasteiger partial charge in [0.2, 0.25) is 0 Å². The molecular weight excluding hydrogens is 300 g/mol. The molecule has 2 unspecified atom stereocenters. The van der Waals surface area contributed by atoms with Crippen molar-refractivity contribution in [2.45, 2.75) is 26.7 Å². The lowest BCUT2D eigenvalue weighted by Crippen LogP contribution is -2.29. The normalized spacial score (nSPS) is 23.2. The maximum Gasteiger partial charge on any atom is 0.132 e. The Bertz CT molecular complexity index is 717. The fraction of sp³-hybridized carbons (Fsp3) is 0.556. The molecule has 0 bridgehead atoms. The molecule has 0 radical (unpaired) electrons. The minimum atomic E-state index is 0.436. The molecule has 2 aliphatic heterocycles. The highest BCUT2D eigenvalue weighted by Gasteiger charge is 2.41. The van der Waals surface area contributed by atoms with Crippen LogP contribution in [0.2, 0.25) is 0 Å². The van der Waals surface area contributed by atoms with Gasteiger partial charge in [-0.1, -0.05) is 13.8 Å². The number of aryl methyl sites for hydroxylation is 1. The molecule has 0 spiro atoms. The first-order chi connectivity index (χ1) is 11.6. The minimum absolute atomic E-state index is 0.436. The summed E-state index contributed by atoms with van der Waals surface area (Å²) >= 11 is 0. The van der Waals surface area contributed by atoms with Crippen molar-refractivity contribution in [3.8, 4) is 0 Å². The van der Waals surface area contributed by atoms with Gasteiger partial charge in [-0.05, 0) is 12.8 Å². The van der Waals surface area contributed by atoms with Crippen molar-refractivity contribution in [2.75, 3.05) is 36.0 Å². The molecule has 0 saturated carbocycles. The third kappa shape index (κ3) is 2.81. The van der Waals surface area contributed by atoms with Crippen LogP contribution in [0.1, 0.15) is 31.2 Å². The molecule has 4 heterocycles. The average molecular weight is 324 g/mol. The summed E-state index contributed by atoms with van der Waals surface area (Å²) in [5, 5.41) is 0. The van der Waals surface area contributed by atoms with Crippen LogP contribution in [-0.2, 0) is 0 Å². The van der Waals surface area contributed by atoms with Crippen LogP contribution in [0.4, 0.5) is 11.6 Å². The van der Waals surface area contributed by atoms with Gasteiger partial charge in [-0.15, -0.1) is 0 Å². The Hall–Kier alpha value is -2.24. The molecule has 2 aliphatic rings. The topological polar surface area (TPSA) is 58.0 Å². The van der Waals surface area contributed by atoms with Crippen molar-refractivity contribution in [1.82, 2.24) is 19.9 Å². The van der Waals surface area contributed by atoms with E-state index >= 15 is 0 Å². The first-order valence-corrected chi connectivity index (χ1v) is 8.70. The average Bonchev–Trinajstić information content (AvgIpc) is 3.14. The second-order valence-electron chi connectivity index (χ2n) is 7.30. The lowest BCUT2D eigenvalue weighted by molar-refractivity contribution is 0.533. The zero-order valence-corrected chi connectivity index (χ0v) is 14.6. The fourth-order valence-corrected chi connectivity index (χ4v) is 3.83. The van der Waals surface area contributed by atoms with Crippen molar-refractivity contribution in [2.24, 2.45) is 11.8 Å². The molecule has 2 atom stereocenters. The van der Waals surface area contributed by atoms with Gasteiger partial charge >= 0.3 is 0 Å². The SMILES string of the molecule is Cc1cc(N2CC3CN(c4cc(C(C)C)ncn4)CC3C2)ncn1. The number of hydrogen-bond acceptors (Lipinski definition) is 6. The van der Waals surface area contributed by atoms with E-state index in [0.717, 1.165) is 49.2 Å². The summed E-state index contributed by atoms with van der Waals surface area (Å²) in [6, 6.07) is 4.23. The highest BCUT2D eigenvalue weighted by Crippen LogP contribution is 2.35. The number of nitrogens with zero attached hydrogens (tertiary/aromatic N) is 6. The molecule has 0 aromatic carbocycles. The lowest BCUT2D eigenvalue weighted by Gasteiger charge is -2.23. The van der Waals surface area contributed by atoms with Gasteiger partial charge < -0.3 is 9.80 Å². The second kappa shape index (κ2) is 6.00. The van der Waals surface area contributed by atoms with Crippen molar-refractivity contribution >= 4 is 11.6 Å². The number of hydrogen-bond donors (Lipinski definition) is 0. The van der Waals surface area contributed by atoms with Gasteiger partial charge in [-0.3, -0.25) is 0 Å². The third-order valence-corrected chi connectivity index (χ3v) is 5.19. The van der Waals surface area contributed by atoms with E-state index in [9.17, 15) is 0 Å². The molecule has 0 N–H and O–H groups in total. The first-order valence-electron chi connectivity index (χ1n) is 8.70. The summed E-state index contributed by atoms with van der Waals surface area (Å²) in [4.78, 5) is 22.3. The Morgan fingerprint density at radius 2 is 1.38 bits per heavy atom. The summed E-state index contributed by atoms with van der Waals surface area (Å²) in [5.74, 6) is 3.93. The zero-order valence-electron chi connectivity index (χ0n) is 14.6. The molecule has 2 saturated heterocycles. The Balaban J connectivity index is 1.45. The van der Waals surface area contributed by atoms with Gasteiger partial charge in [0.05, 0.1) is 0 Å². The third-order valence-electron chi connectivity index (χ3n) is 5.19. The number of fused-ring (bicyclic) bond motifs is 1. The van der Waals surface area contributed by atoms with Crippen LogP contribution >= 0.6 is 0 Å². The van der Waals surface area contributed by atoms with Gasteiger partial charge in [0.1, 0.15) is 24.3 Å². The van der Waals surface area contributed by atoms with Crippen LogP contribution in [0.3, 0.4) is 0 Å². The van der Waals surface area contributed by atoms with Crippen LogP contribution in [0.15, 0.2) is 24.8 Å². The van der Waals surface area contributed by atoms with Gasteiger partial charge in [0.25, 0.3) is 0 Å². The molecule has 2 fully saturated rings. The predicted octanol–water partition coefficient (Wildman–Crippen LogP) is 2.27. The summed E-state index contributed by atoms with van der Waals surface area (Å²) in [6.45, 7) is 10.6. The molecule has 0 amide bonds. The number of anilines is 2. The van der Waals surface area contributed by atoms with E-state index in [1.165, 1.54) is 0 Å². The monoisotopic (exact) mass is 324 g/mol. The van der Waals surface area contributed by atoms with Crippen LogP contribution in [0.25, 0.3) is 0 Å². The number of aromatic nitrogens is 4. The Morgan fingerprint density at radius 3 is 1.92 bits per heavy atom. The largest absolute Gasteiger partial charge is 0.356 e. The Labute approximate surface area is 143 Å². The second-order valence-corrected chi connectivity index (χ2v) is 7.30. The smallest absolute Gasteiger partial charge is 0.132 e. The summed E-state index contributed by atoms with van der Waals surface area (Å²) in [7, 11) is 0. The quantitative estimate of drug-likeness (QED) is 0.863. The van der Waals surface area contributed by atoms with Gasteiger partial charge in [-0.25, -0.2) is 19.9 Å². The molecule has 2 aromatic heterocycles. The molecule has 2 aromatic rings. The molecule has 0 aliphatic carbocycles. The van der Waals surface area contributed by atoms with Crippen LogP contribution < -0.4 is 9.80 Å². The van der Waals surface area contributed by atoms with Gasteiger partial charge in [-0.2, -0.15) is 0 Å². The van der Waals surface area contributed by atoms with Crippen LogP contribution in [-0.4, -0.2) is 46.1 Å². The molecule has 4 rings (SSSR count). The lowest BCUT2D eigenvalue weighted by atomic mass is 10.0. The van der Waals surface area contributed by atoms with Crippen LogP contribution in [0.5, 0.6) is 0 Å². The van der Waals surface area contributed by atoms with E-state index < -0.39 is 0 Å². The van der Waals surface area contributed by atoms with E-state index in [2.05, 4.69) is 55.7 Å². The van der Waals surface area contributed by atoms with Crippen molar-refractivity contribution in [3.05, 3.63) is 36.2 Å². The standard InChI is InChI=1S/C18H24N6/c1-12(2)16-5-18(22-11-20-16)24-8-14-6-23(7-15(14)9-24)17-4-13(3)19-10-21-17/h4-5,10-12,14-15H,6-9H2,1-3H3. The summed E-state index contributed by atoms with van der Waals surface area (Å²) in [5.41, 5.74) is 2.15. The molecule has 24 heavy (non-hydrogen) atoms. The van der Waals surface area contributed by atoms with Crippen LogP contribution in [0, 0.1) is 18.8 Å². The van der Waals surface area contributed by atoms with E-state index in [0.29, 0.717) is 17.8 Å². The Morgan fingerprint density at radius 1 is 0.833 bits per heavy atom. The van der Waals surface area contributed by atoms with E-state index in [1.54, 1.807) is 12.7 Å². The summed E-state index contributed by atoms with van der Waals surface area (Å²) < 4.78 is 0. The maximum atomic E-state index is 4.50. The fourth-order valence-electron chi connectivity index (χ4n) is 3.83. The maximum absolute atomic E-state index is 4.50. The molecule has 126 valence electrons. The number of rotatable bonds is 3. The van der Waals surface area contributed by atoms with Crippen molar-refractivity contribution in [3.63, 3.8) is 0 Å². The highest BCUT2D eigenvalue weighted by molar-refractivity contribution is 5.45. The molecule has 6 nitrogen and oxygen atoms in total. The van der Waals surface area contributed by atoms with E-state index in [1.807, 2.05) is 6.92 Å². The Kier molecular flexibility index (Phi) is 3.82. The minimum Gasteiger partial charge on any atom is -0.356 e. The predicted molar refractivity (Wildman–Crippen MR) is 94.3 cm³/mol. The molecular formula is C18H24N6. The van der Waals surface area contributed by atoms with Gasteiger partial charge in [0.15, 0.2) is 0 Å². The molecule has 6 heteroatoms. The van der Waals surface area contributed by atoms with E-state index in [-0.39, 0.29) is 0 Å². The summed E-state index contributed by atoms with van der Waals surface area (Å²) in [6.07, 6.45) is 3.37. The van der Waals surface area contributed by atoms with Crippen molar-refractivity contribution in [1.29, 1.82) is 0 Å². The van der Waals surface area contributed by atoms with Crippen molar-refractivity contribution < 1.29 is 0 Å². The zero-order chi connectivity index (χ0) is 16.7. The van der Waals surface area contributed by atoms with E-state index in [4.69, 9.17) is 0 Å². The van der Waals surface area contributed by atoms with Gasteiger partial charge in [0, 0.05) is 61.5 Å². The highest BCUT2D eigenvalue weighted by atomic mass is 15.3.